The number of rotatable bonds is 4. The normalized spacial score (nSPS) is 26.3. The second kappa shape index (κ2) is 3.50. The van der Waals surface area contributed by atoms with Gasteiger partial charge in [-0.25, -0.2) is 4.98 Å². The average Bonchev–Trinajstić information content (AvgIpc) is 2.67. The Morgan fingerprint density at radius 1 is 1.69 bits per heavy atom. The van der Waals surface area contributed by atoms with Crippen LogP contribution in [0.3, 0.4) is 0 Å². The summed E-state index contributed by atoms with van der Waals surface area (Å²) in [6.45, 7) is 6.30. The van der Waals surface area contributed by atoms with Gasteiger partial charge in [0.1, 0.15) is 5.82 Å². The average molecular weight is 179 g/mol. The number of hydrogen-bond donors (Lipinski definition) is 2. The molecule has 0 saturated heterocycles. The minimum atomic E-state index is 0.704. The first kappa shape index (κ1) is 8.75. The lowest BCUT2D eigenvalue weighted by atomic mass is 10.3. The molecular formula is C10H17N3. The number of nitrogens with zero attached hydrogens (tertiary/aromatic N) is 1. The van der Waals surface area contributed by atoms with Crippen molar-refractivity contribution in [2.45, 2.75) is 32.7 Å². The number of nitrogens with one attached hydrogen (secondary N) is 2. The monoisotopic (exact) mass is 179 g/mol. The van der Waals surface area contributed by atoms with E-state index >= 15 is 0 Å². The molecule has 1 aromatic rings. The highest BCUT2D eigenvalue weighted by Crippen LogP contribution is 2.45. The Kier molecular flexibility index (Phi) is 2.36. The Bertz CT molecular complexity index is 279. The first-order valence-corrected chi connectivity index (χ1v) is 5.05. The zero-order valence-electron chi connectivity index (χ0n) is 8.30. The van der Waals surface area contributed by atoms with Gasteiger partial charge in [-0.05, 0) is 18.9 Å². The molecule has 1 aliphatic carbocycles. The van der Waals surface area contributed by atoms with Crippen LogP contribution in [0.15, 0.2) is 6.20 Å². The van der Waals surface area contributed by atoms with E-state index in [4.69, 9.17) is 0 Å². The molecule has 0 radical (unpaired) electrons. The molecule has 0 spiro atoms. The van der Waals surface area contributed by atoms with Gasteiger partial charge in [-0.2, -0.15) is 0 Å². The van der Waals surface area contributed by atoms with Gasteiger partial charge in [0.15, 0.2) is 0 Å². The van der Waals surface area contributed by atoms with Gasteiger partial charge in [0.2, 0.25) is 0 Å². The van der Waals surface area contributed by atoms with Crippen LogP contribution in [-0.2, 0) is 6.54 Å². The van der Waals surface area contributed by atoms with Crippen molar-refractivity contribution in [3.05, 3.63) is 17.7 Å². The summed E-state index contributed by atoms with van der Waals surface area (Å²) < 4.78 is 0. The maximum Gasteiger partial charge on any atom is 0.109 e. The van der Waals surface area contributed by atoms with Crippen molar-refractivity contribution in [3.8, 4) is 0 Å². The van der Waals surface area contributed by atoms with Crippen molar-refractivity contribution in [2.24, 2.45) is 5.92 Å². The molecule has 0 bridgehead atoms. The van der Waals surface area contributed by atoms with E-state index in [1.54, 1.807) is 0 Å². The lowest BCUT2D eigenvalue weighted by molar-refractivity contribution is 0.711. The molecule has 2 rings (SSSR count). The minimum Gasteiger partial charge on any atom is -0.345 e. The highest BCUT2D eigenvalue weighted by atomic mass is 15.0. The van der Waals surface area contributed by atoms with E-state index < -0.39 is 0 Å². The van der Waals surface area contributed by atoms with Gasteiger partial charge >= 0.3 is 0 Å². The van der Waals surface area contributed by atoms with Crippen LogP contribution in [-0.4, -0.2) is 16.5 Å². The molecule has 3 heteroatoms. The Morgan fingerprint density at radius 3 is 3.08 bits per heavy atom. The van der Waals surface area contributed by atoms with Crippen molar-refractivity contribution >= 4 is 0 Å². The minimum absolute atomic E-state index is 0.704. The number of aromatic amines is 1. The second-order valence-electron chi connectivity index (χ2n) is 3.89. The highest BCUT2D eigenvalue weighted by Gasteiger charge is 2.36. The van der Waals surface area contributed by atoms with Crippen molar-refractivity contribution in [1.29, 1.82) is 0 Å². The molecule has 2 atom stereocenters. The summed E-state index contributed by atoms with van der Waals surface area (Å²) in [6.07, 6.45) is 3.25. The SMILES string of the molecule is CCNCc1cnc(C2CC2C)[nH]1. The van der Waals surface area contributed by atoms with E-state index in [0.717, 1.165) is 19.0 Å². The Labute approximate surface area is 79.0 Å². The van der Waals surface area contributed by atoms with Crippen LogP contribution in [0.5, 0.6) is 0 Å². The van der Waals surface area contributed by atoms with Gasteiger partial charge in [-0.3, -0.25) is 0 Å². The maximum absolute atomic E-state index is 4.39. The fourth-order valence-corrected chi connectivity index (χ4v) is 1.62. The van der Waals surface area contributed by atoms with Crippen LogP contribution in [0.4, 0.5) is 0 Å². The predicted octanol–water partition coefficient (Wildman–Crippen LogP) is 1.64. The molecule has 1 heterocycles. The third-order valence-corrected chi connectivity index (χ3v) is 2.67. The number of imidazole rings is 1. The van der Waals surface area contributed by atoms with Crippen molar-refractivity contribution in [3.63, 3.8) is 0 Å². The number of hydrogen-bond acceptors (Lipinski definition) is 2. The van der Waals surface area contributed by atoms with Gasteiger partial charge in [0.05, 0.1) is 0 Å². The van der Waals surface area contributed by atoms with Gasteiger partial charge in [-0.1, -0.05) is 13.8 Å². The van der Waals surface area contributed by atoms with Crippen molar-refractivity contribution in [1.82, 2.24) is 15.3 Å². The predicted molar refractivity (Wildman–Crippen MR) is 52.5 cm³/mol. The molecule has 2 unspecified atom stereocenters. The van der Waals surface area contributed by atoms with Crippen LogP contribution < -0.4 is 5.32 Å². The molecule has 1 aliphatic rings. The van der Waals surface area contributed by atoms with E-state index in [9.17, 15) is 0 Å². The van der Waals surface area contributed by atoms with E-state index in [1.165, 1.54) is 17.9 Å². The molecule has 0 aliphatic heterocycles. The van der Waals surface area contributed by atoms with Crippen LogP contribution >= 0.6 is 0 Å². The third-order valence-electron chi connectivity index (χ3n) is 2.67. The Balaban J connectivity index is 1.94. The molecule has 13 heavy (non-hydrogen) atoms. The lowest BCUT2D eigenvalue weighted by Gasteiger charge is -1.96. The molecule has 0 aromatic carbocycles. The zero-order chi connectivity index (χ0) is 9.26. The van der Waals surface area contributed by atoms with Crippen LogP contribution in [0, 0.1) is 5.92 Å². The smallest absolute Gasteiger partial charge is 0.109 e. The molecule has 3 nitrogen and oxygen atoms in total. The summed E-state index contributed by atoms with van der Waals surface area (Å²) >= 11 is 0. The van der Waals surface area contributed by atoms with E-state index in [2.05, 4.69) is 29.1 Å². The van der Waals surface area contributed by atoms with E-state index in [-0.39, 0.29) is 0 Å². The van der Waals surface area contributed by atoms with Crippen LogP contribution in [0.25, 0.3) is 0 Å². The quantitative estimate of drug-likeness (QED) is 0.737. The van der Waals surface area contributed by atoms with Gasteiger partial charge in [0, 0.05) is 24.4 Å². The summed E-state index contributed by atoms with van der Waals surface area (Å²) in [5.41, 5.74) is 1.20. The molecule has 1 fully saturated rings. The van der Waals surface area contributed by atoms with Crippen LogP contribution in [0.2, 0.25) is 0 Å². The van der Waals surface area contributed by atoms with Gasteiger partial charge < -0.3 is 10.3 Å². The third kappa shape index (κ3) is 1.91. The van der Waals surface area contributed by atoms with E-state index in [0.29, 0.717) is 5.92 Å². The summed E-state index contributed by atoms with van der Waals surface area (Å²) in [6, 6.07) is 0. The molecule has 2 N–H and O–H groups in total. The number of H-pyrrole nitrogens is 1. The Hall–Kier alpha value is -0.830. The summed E-state index contributed by atoms with van der Waals surface area (Å²) in [5.74, 6) is 2.72. The topological polar surface area (TPSA) is 40.7 Å². The van der Waals surface area contributed by atoms with Crippen molar-refractivity contribution < 1.29 is 0 Å². The van der Waals surface area contributed by atoms with Crippen LogP contribution in [0.1, 0.15) is 37.7 Å². The lowest BCUT2D eigenvalue weighted by Crippen LogP contribution is -2.11. The first-order chi connectivity index (χ1) is 6.31. The molecule has 72 valence electrons. The highest BCUT2D eigenvalue weighted by molar-refractivity contribution is 5.12. The summed E-state index contributed by atoms with van der Waals surface area (Å²) in [7, 11) is 0. The summed E-state index contributed by atoms with van der Waals surface area (Å²) in [5, 5.41) is 3.28. The second-order valence-corrected chi connectivity index (χ2v) is 3.89. The molecule has 0 amide bonds. The summed E-state index contributed by atoms with van der Waals surface area (Å²) in [4.78, 5) is 7.75. The molecular weight excluding hydrogens is 162 g/mol. The standard InChI is InChI=1S/C10H17N3/c1-3-11-5-8-6-12-10(13-8)9-4-7(9)2/h6-7,9,11H,3-5H2,1-2H3,(H,12,13). The fourth-order valence-electron chi connectivity index (χ4n) is 1.62. The molecule has 1 saturated carbocycles. The fraction of sp³-hybridized carbons (Fsp3) is 0.700. The maximum atomic E-state index is 4.39. The van der Waals surface area contributed by atoms with Crippen molar-refractivity contribution in [2.75, 3.05) is 6.54 Å². The molecule has 1 aromatic heterocycles. The number of aromatic nitrogens is 2. The zero-order valence-corrected chi connectivity index (χ0v) is 8.30. The Morgan fingerprint density at radius 2 is 2.46 bits per heavy atom. The van der Waals surface area contributed by atoms with E-state index in [1.807, 2.05) is 6.20 Å². The van der Waals surface area contributed by atoms with Gasteiger partial charge in [0.25, 0.3) is 0 Å². The first-order valence-electron chi connectivity index (χ1n) is 5.05. The largest absolute Gasteiger partial charge is 0.345 e. The van der Waals surface area contributed by atoms with Gasteiger partial charge in [-0.15, -0.1) is 0 Å².